The van der Waals surface area contributed by atoms with E-state index >= 15 is 0 Å². The minimum atomic E-state index is -0.376. The molecule has 30 heavy (non-hydrogen) atoms. The molecule has 0 aliphatic carbocycles. The van der Waals surface area contributed by atoms with Gasteiger partial charge >= 0.3 is 0 Å². The summed E-state index contributed by atoms with van der Waals surface area (Å²) >= 11 is 0. The Kier molecular flexibility index (Phi) is 5.14. The zero-order valence-electron chi connectivity index (χ0n) is 16.5. The maximum absolute atomic E-state index is 13.2. The van der Waals surface area contributed by atoms with E-state index in [-0.39, 0.29) is 29.2 Å². The lowest BCUT2D eigenvalue weighted by atomic mass is 10.0. The van der Waals surface area contributed by atoms with Crippen molar-refractivity contribution in [3.63, 3.8) is 0 Å². The van der Waals surface area contributed by atoms with E-state index in [9.17, 15) is 14.0 Å². The Morgan fingerprint density at radius 2 is 1.80 bits per heavy atom. The Hall–Kier alpha value is -3.81. The van der Waals surface area contributed by atoms with E-state index in [0.29, 0.717) is 22.9 Å². The summed E-state index contributed by atoms with van der Waals surface area (Å²) < 4.78 is 15.8. The summed E-state index contributed by atoms with van der Waals surface area (Å²) in [6.45, 7) is 4.03. The van der Waals surface area contributed by atoms with Crippen molar-refractivity contribution in [3.05, 3.63) is 82.8 Å². The highest BCUT2D eigenvalue weighted by atomic mass is 19.1. The van der Waals surface area contributed by atoms with Crippen LogP contribution in [0.2, 0.25) is 0 Å². The molecule has 0 radical (unpaired) electrons. The first-order valence-corrected chi connectivity index (χ1v) is 9.51. The van der Waals surface area contributed by atoms with Crippen LogP contribution in [0.15, 0.2) is 65.8 Å². The van der Waals surface area contributed by atoms with Gasteiger partial charge in [-0.3, -0.25) is 14.2 Å². The molecule has 0 bridgehead atoms. The van der Waals surface area contributed by atoms with E-state index in [0.717, 1.165) is 0 Å². The van der Waals surface area contributed by atoms with Gasteiger partial charge in [0.15, 0.2) is 5.65 Å². The van der Waals surface area contributed by atoms with Gasteiger partial charge in [0.05, 0.1) is 11.9 Å². The lowest BCUT2D eigenvalue weighted by Crippen LogP contribution is -2.27. The lowest BCUT2D eigenvalue weighted by Gasteiger charge is -2.09. The average Bonchev–Trinajstić information content (AvgIpc) is 3.16. The molecule has 0 saturated carbocycles. The number of halogens is 1. The van der Waals surface area contributed by atoms with Crippen molar-refractivity contribution in [3.8, 4) is 5.69 Å². The SMILES string of the molecule is CC(C)c1ccc(NC(=O)Cn2cnc3c(cnn3-c3ccc(F)cc3)c2=O)cc1. The molecule has 8 heteroatoms. The highest BCUT2D eigenvalue weighted by molar-refractivity contribution is 5.90. The molecular weight excluding hydrogens is 385 g/mol. The van der Waals surface area contributed by atoms with Crippen molar-refractivity contribution in [1.82, 2.24) is 19.3 Å². The predicted molar refractivity (Wildman–Crippen MR) is 112 cm³/mol. The number of benzene rings is 2. The molecule has 0 saturated heterocycles. The largest absolute Gasteiger partial charge is 0.325 e. The van der Waals surface area contributed by atoms with Gasteiger partial charge in [-0.15, -0.1) is 0 Å². The molecule has 7 nitrogen and oxygen atoms in total. The summed E-state index contributed by atoms with van der Waals surface area (Å²) in [5.41, 5.74) is 2.39. The minimum Gasteiger partial charge on any atom is -0.325 e. The van der Waals surface area contributed by atoms with Crippen LogP contribution >= 0.6 is 0 Å². The first-order chi connectivity index (χ1) is 14.4. The number of rotatable bonds is 5. The number of fused-ring (bicyclic) bond motifs is 1. The number of nitrogens with one attached hydrogen (secondary N) is 1. The first kappa shape index (κ1) is 19.5. The quantitative estimate of drug-likeness (QED) is 0.551. The number of carbonyl (C=O) groups excluding carboxylic acids is 1. The van der Waals surface area contributed by atoms with Crippen molar-refractivity contribution in [1.29, 1.82) is 0 Å². The van der Waals surface area contributed by atoms with Crippen molar-refractivity contribution in [2.75, 3.05) is 5.32 Å². The third-order valence-electron chi connectivity index (χ3n) is 4.80. The van der Waals surface area contributed by atoms with Crippen LogP contribution in [0.25, 0.3) is 16.7 Å². The van der Waals surface area contributed by atoms with Gasteiger partial charge in [0.2, 0.25) is 5.91 Å². The Labute approximate surface area is 171 Å². The summed E-state index contributed by atoms with van der Waals surface area (Å²) in [5.74, 6) is -0.293. The van der Waals surface area contributed by atoms with Gasteiger partial charge in [-0.05, 0) is 47.9 Å². The van der Waals surface area contributed by atoms with Crippen LogP contribution in [0.5, 0.6) is 0 Å². The number of nitrogens with zero attached hydrogens (tertiary/aromatic N) is 4. The zero-order chi connectivity index (χ0) is 21.3. The monoisotopic (exact) mass is 405 g/mol. The maximum atomic E-state index is 13.2. The van der Waals surface area contributed by atoms with Crippen molar-refractivity contribution >= 4 is 22.6 Å². The van der Waals surface area contributed by atoms with E-state index in [1.54, 1.807) is 12.1 Å². The Morgan fingerprint density at radius 1 is 1.10 bits per heavy atom. The summed E-state index contributed by atoms with van der Waals surface area (Å²) in [4.78, 5) is 29.4. The van der Waals surface area contributed by atoms with E-state index in [2.05, 4.69) is 29.2 Å². The second-order valence-corrected chi connectivity index (χ2v) is 7.27. The normalized spacial score (nSPS) is 11.2. The van der Waals surface area contributed by atoms with Gasteiger partial charge in [0.25, 0.3) is 5.56 Å². The number of carbonyl (C=O) groups is 1. The molecule has 0 unspecified atom stereocenters. The highest BCUT2D eigenvalue weighted by Gasteiger charge is 2.13. The standard InChI is InChI=1S/C22H20FN5O2/c1-14(2)15-3-7-17(8-4-15)26-20(29)12-27-13-24-21-19(22(27)30)11-25-28(21)18-9-5-16(23)6-10-18/h3-11,13-14H,12H2,1-2H3,(H,26,29). The number of hydrogen-bond acceptors (Lipinski definition) is 4. The van der Waals surface area contributed by atoms with Crippen molar-refractivity contribution < 1.29 is 9.18 Å². The molecule has 0 aliphatic rings. The molecule has 4 aromatic rings. The molecule has 0 spiro atoms. The fourth-order valence-electron chi connectivity index (χ4n) is 3.14. The van der Waals surface area contributed by atoms with Crippen LogP contribution in [0.4, 0.5) is 10.1 Å². The molecule has 1 N–H and O–H groups in total. The molecule has 1 amide bonds. The molecule has 2 aromatic carbocycles. The van der Waals surface area contributed by atoms with Gasteiger partial charge in [-0.1, -0.05) is 26.0 Å². The number of aromatic nitrogens is 4. The third kappa shape index (κ3) is 3.84. The summed E-state index contributed by atoms with van der Waals surface area (Å²) in [7, 11) is 0. The van der Waals surface area contributed by atoms with Crippen molar-refractivity contribution in [2.24, 2.45) is 0 Å². The van der Waals surface area contributed by atoms with Gasteiger partial charge in [0, 0.05) is 5.69 Å². The van der Waals surface area contributed by atoms with Crippen LogP contribution < -0.4 is 10.9 Å². The van der Waals surface area contributed by atoms with Gasteiger partial charge in [-0.2, -0.15) is 5.10 Å². The zero-order valence-corrected chi connectivity index (χ0v) is 16.5. The second kappa shape index (κ2) is 7.90. The summed E-state index contributed by atoms with van der Waals surface area (Å²) in [6.07, 6.45) is 2.71. The number of amides is 1. The first-order valence-electron chi connectivity index (χ1n) is 9.51. The van der Waals surface area contributed by atoms with E-state index in [1.807, 2.05) is 24.3 Å². The molecule has 2 heterocycles. The van der Waals surface area contributed by atoms with Gasteiger partial charge < -0.3 is 5.32 Å². The van der Waals surface area contributed by atoms with Crippen LogP contribution in [0, 0.1) is 5.82 Å². The number of anilines is 1. The van der Waals surface area contributed by atoms with Crippen LogP contribution in [-0.4, -0.2) is 25.2 Å². The average molecular weight is 405 g/mol. The summed E-state index contributed by atoms with van der Waals surface area (Å²) in [6, 6.07) is 13.3. The molecule has 4 rings (SSSR count). The van der Waals surface area contributed by atoms with Gasteiger partial charge in [0.1, 0.15) is 24.1 Å². The lowest BCUT2D eigenvalue weighted by molar-refractivity contribution is -0.116. The number of hydrogen-bond donors (Lipinski definition) is 1. The van der Waals surface area contributed by atoms with E-state index in [1.165, 1.54) is 39.5 Å². The fourth-order valence-corrected chi connectivity index (χ4v) is 3.14. The smallest absolute Gasteiger partial charge is 0.264 e. The van der Waals surface area contributed by atoms with E-state index < -0.39 is 0 Å². The molecular formula is C22H20FN5O2. The van der Waals surface area contributed by atoms with Crippen LogP contribution in [-0.2, 0) is 11.3 Å². The topological polar surface area (TPSA) is 81.8 Å². The molecule has 0 aliphatic heterocycles. The Morgan fingerprint density at radius 3 is 2.47 bits per heavy atom. The van der Waals surface area contributed by atoms with Gasteiger partial charge in [-0.25, -0.2) is 14.1 Å². The Bertz CT molecular complexity index is 1260. The fraction of sp³-hybridized carbons (Fsp3) is 0.182. The van der Waals surface area contributed by atoms with Crippen LogP contribution in [0.3, 0.4) is 0 Å². The third-order valence-corrected chi connectivity index (χ3v) is 4.80. The predicted octanol–water partition coefficient (Wildman–Crippen LogP) is 3.48. The Balaban J connectivity index is 1.55. The maximum Gasteiger partial charge on any atom is 0.264 e. The minimum absolute atomic E-state index is 0.171. The van der Waals surface area contributed by atoms with Crippen molar-refractivity contribution in [2.45, 2.75) is 26.3 Å². The van der Waals surface area contributed by atoms with Crippen LogP contribution in [0.1, 0.15) is 25.3 Å². The molecule has 0 atom stereocenters. The second-order valence-electron chi connectivity index (χ2n) is 7.27. The highest BCUT2D eigenvalue weighted by Crippen LogP contribution is 2.17. The van der Waals surface area contributed by atoms with E-state index in [4.69, 9.17) is 0 Å². The molecule has 0 fully saturated rings. The molecule has 152 valence electrons. The summed E-state index contributed by atoms with van der Waals surface area (Å²) in [5, 5.41) is 7.24. The molecule has 2 aromatic heterocycles.